The van der Waals surface area contributed by atoms with E-state index in [0.29, 0.717) is 16.3 Å². The fraction of sp³-hybridized carbons (Fsp3) is 0.0909. The standard InChI is InChI=1S/C22H18ClFN2O2S/c1-14(27)25-21-12-18(8-11-20(21)24)26-22(28)16-4-2-15(3-5-16)13-29-19-9-6-17(23)7-10-19/h2-12H,13H2,1H3,(H,25,27)(H,26,28). The van der Waals surface area contributed by atoms with Crippen molar-refractivity contribution in [1.29, 1.82) is 0 Å². The van der Waals surface area contributed by atoms with Crippen molar-refractivity contribution in [3.05, 3.63) is 88.7 Å². The molecule has 29 heavy (non-hydrogen) atoms. The van der Waals surface area contributed by atoms with Crippen LogP contribution in [0.15, 0.2) is 71.6 Å². The molecule has 0 saturated heterocycles. The molecule has 3 aromatic rings. The number of anilines is 2. The summed E-state index contributed by atoms with van der Waals surface area (Å²) >= 11 is 7.57. The van der Waals surface area contributed by atoms with Gasteiger partial charge in [-0.1, -0.05) is 23.7 Å². The van der Waals surface area contributed by atoms with Gasteiger partial charge in [0.05, 0.1) is 5.69 Å². The van der Waals surface area contributed by atoms with E-state index in [4.69, 9.17) is 11.6 Å². The first-order valence-corrected chi connectivity index (χ1v) is 10.1. The minimum Gasteiger partial charge on any atom is -0.324 e. The van der Waals surface area contributed by atoms with Gasteiger partial charge >= 0.3 is 0 Å². The first kappa shape index (κ1) is 20.9. The number of amides is 2. The predicted octanol–water partition coefficient (Wildman–Crippen LogP) is 5.98. The third kappa shape index (κ3) is 6.07. The number of benzene rings is 3. The minimum atomic E-state index is -0.569. The zero-order valence-electron chi connectivity index (χ0n) is 15.5. The molecule has 7 heteroatoms. The number of hydrogen-bond donors (Lipinski definition) is 2. The van der Waals surface area contributed by atoms with Gasteiger partial charge in [0.25, 0.3) is 5.91 Å². The van der Waals surface area contributed by atoms with E-state index in [1.807, 2.05) is 36.4 Å². The van der Waals surface area contributed by atoms with Crippen LogP contribution in [0, 0.1) is 5.82 Å². The lowest BCUT2D eigenvalue weighted by Gasteiger charge is -2.09. The average molecular weight is 429 g/mol. The number of carbonyl (C=O) groups is 2. The van der Waals surface area contributed by atoms with E-state index in [2.05, 4.69) is 10.6 Å². The van der Waals surface area contributed by atoms with Crippen molar-refractivity contribution >= 4 is 46.6 Å². The van der Waals surface area contributed by atoms with Crippen LogP contribution in [-0.4, -0.2) is 11.8 Å². The van der Waals surface area contributed by atoms with Crippen molar-refractivity contribution in [3.63, 3.8) is 0 Å². The second-order valence-corrected chi connectivity index (χ2v) is 7.75. The fourth-order valence-electron chi connectivity index (χ4n) is 2.54. The summed E-state index contributed by atoms with van der Waals surface area (Å²) in [6, 6.07) is 18.9. The van der Waals surface area contributed by atoms with Crippen molar-refractivity contribution in [1.82, 2.24) is 0 Å². The van der Waals surface area contributed by atoms with Gasteiger partial charge in [0.2, 0.25) is 5.91 Å². The highest BCUT2D eigenvalue weighted by atomic mass is 35.5. The number of carbonyl (C=O) groups excluding carboxylic acids is 2. The number of halogens is 2. The van der Waals surface area contributed by atoms with Gasteiger partial charge in [-0.25, -0.2) is 4.39 Å². The molecule has 0 heterocycles. The van der Waals surface area contributed by atoms with E-state index in [1.54, 1.807) is 23.9 Å². The fourth-order valence-corrected chi connectivity index (χ4v) is 3.52. The van der Waals surface area contributed by atoms with Crippen molar-refractivity contribution in [2.45, 2.75) is 17.6 Å². The molecule has 0 radical (unpaired) electrons. The monoisotopic (exact) mass is 428 g/mol. The predicted molar refractivity (Wildman–Crippen MR) is 116 cm³/mol. The Bertz CT molecular complexity index is 1020. The average Bonchev–Trinajstić information content (AvgIpc) is 2.70. The van der Waals surface area contributed by atoms with Crippen LogP contribution in [0.5, 0.6) is 0 Å². The minimum absolute atomic E-state index is 0.0184. The molecule has 3 rings (SSSR count). The third-order valence-electron chi connectivity index (χ3n) is 3.97. The highest BCUT2D eigenvalue weighted by molar-refractivity contribution is 7.98. The second-order valence-electron chi connectivity index (χ2n) is 6.27. The van der Waals surface area contributed by atoms with E-state index in [9.17, 15) is 14.0 Å². The maximum absolute atomic E-state index is 13.7. The molecule has 4 nitrogen and oxygen atoms in total. The lowest BCUT2D eigenvalue weighted by atomic mass is 10.1. The van der Waals surface area contributed by atoms with Crippen molar-refractivity contribution in [2.75, 3.05) is 10.6 Å². The number of hydrogen-bond acceptors (Lipinski definition) is 3. The Hall–Kier alpha value is -2.83. The third-order valence-corrected chi connectivity index (χ3v) is 5.31. The molecule has 148 valence electrons. The Morgan fingerprint density at radius 1 is 0.966 bits per heavy atom. The molecule has 0 fully saturated rings. The van der Waals surface area contributed by atoms with E-state index in [-0.39, 0.29) is 17.5 Å². The van der Waals surface area contributed by atoms with E-state index in [1.165, 1.54) is 25.1 Å². The van der Waals surface area contributed by atoms with Crippen LogP contribution in [-0.2, 0) is 10.5 Å². The molecule has 0 unspecified atom stereocenters. The zero-order valence-corrected chi connectivity index (χ0v) is 17.1. The quantitative estimate of drug-likeness (QED) is 0.474. The van der Waals surface area contributed by atoms with E-state index in [0.717, 1.165) is 16.2 Å². The molecular weight excluding hydrogens is 411 g/mol. The Morgan fingerprint density at radius 2 is 1.66 bits per heavy atom. The molecule has 0 bridgehead atoms. The topological polar surface area (TPSA) is 58.2 Å². The molecule has 2 N–H and O–H groups in total. The Morgan fingerprint density at radius 3 is 2.31 bits per heavy atom. The summed E-state index contributed by atoms with van der Waals surface area (Å²) in [5.74, 6) is -0.510. The van der Waals surface area contributed by atoms with Crippen molar-refractivity contribution < 1.29 is 14.0 Å². The molecule has 0 saturated carbocycles. The molecule has 0 aliphatic carbocycles. The van der Waals surface area contributed by atoms with Crippen LogP contribution in [0.3, 0.4) is 0 Å². The van der Waals surface area contributed by atoms with Crippen LogP contribution in [0.4, 0.5) is 15.8 Å². The Labute approximate surface area is 177 Å². The van der Waals surface area contributed by atoms with Gasteiger partial charge in [0.1, 0.15) is 5.82 Å². The molecule has 0 aliphatic rings. The maximum atomic E-state index is 13.7. The van der Waals surface area contributed by atoms with Crippen LogP contribution < -0.4 is 10.6 Å². The molecule has 0 atom stereocenters. The van der Waals surface area contributed by atoms with Gasteiger partial charge in [-0.3, -0.25) is 9.59 Å². The summed E-state index contributed by atoms with van der Waals surface area (Å²) in [6.07, 6.45) is 0. The number of nitrogens with one attached hydrogen (secondary N) is 2. The van der Waals surface area contributed by atoms with Gasteiger partial charge < -0.3 is 10.6 Å². The summed E-state index contributed by atoms with van der Waals surface area (Å²) in [6.45, 7) is 1.29. The summed E-state index contributed by atoms with van der Waals surface area (Å²) < 4.78 is 13.7. The van der Waals surface area contributed by atoms with Gasteiger partial charge in [-0.2, -0.15) is 0 Å². The largest absolute Gasteiger partial charge is 0.324 e. The number of thioether (sulfide) groups is 1. The lowest BCUT2D eigenvalue weighted by molar-refractivity contribution is -0.114. The summed E-state index contributed by atoms with van der Waals surface area (Å²) in [5, 5.41) is 5.80. The maximum Gasteiger partial charge on any atom is 0.255 e. The zero-order chi connectivity index (χ0) is 20.8. The molecular formula is C22H18ClFN2O2S. The van der Waals surface area contributed by atoms with E-state index < -0.39 is 5.82 Å². The molecule has 0 aromatic heterocycles. The SMILES string of the molecule is CC(=O)Nc1cc(NC(=O)c2ccc(CSc3ccc(Cl)cc3)cc2)ccc1F. The van der Waals surface area contributed by atoms with Crippen LogP contribution in [0.25, 0.3) is 0 Å². The molecule has 0 aliphatic heterocycles. The second kappa shape index (κ2) is 9.58. The van der Waals surface area contributed by atoms with Gasteiger partial charge in [-0.15, -0.1) is 11.8 Å². The molecule has 3 aromatic carbocycles. The van der Waals surface area contributed by atoms with Gasteiger partial charge in [0, 0.05) is 33.8 Å². The van der Waals surface area contributed by atoms with Crippen LogP contribution >= 0.6 is 23.4 Å². The number of rotatable bonds is 6. The Kier molecular flexibility index (Phi) is 6.90. The Balaban J connectivity index is 1.61. The van der Waals surface area contributed by atoms with E-state index >= 15 is 0 Å². The molecule has 2 amide bonds. The summed E-state index contributed by atoms with van der Waals surface area (Å²) in [4.78, 5) is 24.7. The van der Waals surface area contributed by atoms with Crippen molar-refractivity contribution in [3.8, 4) is 0 Å². The first-order valence-electron chi connectivity index (χ1n) is 8.76. The first-order chi connectivity index (χ1) is 13.9. The molecule has 0 spiro atoms. The van der Waals surface area contributed by atoms with Crippen LogP contribution in [0.2, 0.25) is 5.02 Å². The van der Waals surface area contributed by atoms with Crippen molar-refractivity contribution in [2.24, 2.45) is 0 Å². The highest BCUT2D eigenvalue weighted by Crippen LogP contribution is 2.25. The summed E-state index contributed by atoms with van der Waals surface area (Å²) in [7, 11) is 0. The lowest BCUT2D eigenvalue weighted by Crippen LogP contribution is -2.13. The van der Waals surface area contributed by atoms with Crippen LogP contribution in [0.1, 0.15) is 22.8 Å². The smallest absolute Gasteiger partial charge is 0.255 e. The normalized spacial score (nSPS) is 10.4. The van der Waals surface area contributed by atoms with Gasteiger partial charge in [-0.05, 0) is 60.2 Å². The summed E-state index contributed by atoms with van der Waals surface area (Å²) in [5.41, 5.74) is 1.97. The highest BCUT2D eigenvalue weighted by Gasteiger charge is 2.10. The van der Waals surface area contributed by atoms with Gasteiger partial charge in [0.15, 0.2) is 0 Å².